The number of carbonyl (C=O) groups excluding carboxylic acids is 4. The quantitative estimate of drug-likeness (QED) is 0.0949. The van der Waals surface area contributed by atoms with Gasteiger partial charge in [0, 0.05) is 31.8 Å². The highest BCUT2D eigenvalue weighted by Crippen LogP contribution is 2.33. The number of hydrogen-bond acceptors (Lipinski definition) is 9. The van der Waals surface area contributed by atoms with Gasteiger partial charge in [0.1, 0.15) is 11.0 Å². The highest BCUT2D eigenvalue weighted by Gasteiger charge is 2.44. The van der Waals surface area contributed by atoms with Gasteiger partial charge in [-0.1, -0.05) is 34.1 Å². The first kappa shape index (κ1) is 38.8. The molecule has 1 saturated heterocycles. The summed E-state index contributed by atoms with van der Waals surface area (Å²) in [4.78, 5) is 59.8. The van der Waals surface area contributed by atoms with Gasteiger partial charge < -0.3 is 19.7 Å². The van der Waals surface area contributed by atoms with Crippen molar-refractivity contribution < 1.29 is 50.6 Å². The van der Waals surface area contributed by atoms with Crippen molar-refractivity contribution >= 4 is 35.1 Å². The third kappa shape index (κ3) is 8.13. The highest BCUT2D eigenvalue weighted by molar-refractivity contribution is 7.09. The van der Waals surface area contributed by atoms with E-state index in [0.29, 0.717) is 12.8 Å². The van der Waals surface area contributed by atoms with E-state index in [9.17, 15) is 41.1 Å². The maximum absolute atomic E-state index is 14.1. The Kier molecular flexibility index (Phi) is 12.7. The molecule has 10 nitrogen and oxygen atoms in total. The molecule has 1 aliphatic rings. The predicted octanol–water partition coefficient (Wildman–Crippen LogP) is 5.55. The third-order valence-corrected chi connectivity index (χ3v) is 9.94. The lowest BCUT2D eigenvalue weighted by atomic mass is 9.91. The van der Waals surface area contributed by atoms with E-state index in [1.165, 1.54) is 4.90 Å². The molecule has 0 saturated carbocycles. The van der Waals surface area contributed by atoms with Gasteiger partial charge in [0.15, 0.2) is 11.8 Å². The van der Waals surface area contributed by atoms with Crippen molar-refractivity contribution in [3.05, 3.63) is 45.2 Å². The monoisotopic (exact) mass is 704 g/mol. The summed E-state index contributed by atoms with van der Waals surface area (Å²) in [7, 11) is 3.45. The van der Waals surface area contributed by atoms with E-state index in [4.69, 9.17) is 4.74 Å². The number of likely N-dealkylation sites (N-methyl/N-ethyl adjacent to an activating group) is 2. The van der Waals surface area contributed by atoms with Gasteiger partial charge in [-0.25, -0.2) is 22.9 Å². The van der Waals surface area contributed by atoms with Crippen molar-refractivity contribution in [3.63, 3.8) is 0 Å². The highest BCUT2D eigenvalue weighted by atomic mass is 32.1. The number of thiazole rings is 1. The summed E-state index contributed by atoms with van der Waals surface area (Å²) in [6.07, 6.45) is 0.982. The van der Waals surface area contributed by atoms with Crippen molar-refractivity contribution in [2.24, 2.45) is 11.8 Å². The number of halogens is 5. The summed E-state index contributed by atoms with van der Waals surface area (Å²) in [5.74, 6) is -16.7. The van der Waals surface area contributed by atoms with Crippen LogP contribution in [0.4, 0.5) is 22.0 Å². The molecule has 16 heteroatoms. The van der Waals surface area contributed by atoms with E-state index >= 15 is 0 Å². The summed E-state index contributed by atoms with van der Waals surface area (Å²) in [6.45, 7) is 11.2. The molecule has 2 heterocycles. The van der Waals surface area contributed by atoms with Crippen molar-refractivity contribution in [1.29, 1.82) is 0 Å². The number of carbonyl (C=O) groups is 4. The van der Waals surface area contributed by atoms with E-state index in [1.54, 1.807) is 7.05 Å². The van der Waals surface area contributed by atoms with Gasteiger partial charge in [0.25, 0.3) is 0 Å². The Bertz CT molecular complexity index is 1510. The molecule has 5 atom stereocenters. The first-order valence-electron chi connectivity index (χ1n) is 15.5. The van der Waals surface area contributed by atoms with Gasteiger partial charge in [-0.15, -0.1) is 11.3 Å². The minimum atomic E-state index is -2.42. The Labute approximate surface area is 280 Å². The third-order valence-electron chi connectivity index (χ3n) is 9.00. The number of benzene rings is 1. The average molecular weight is 705 g/mol. The zero-order valence-electron chi connectivity index (χ0n) is 28.1. The van der Waals surface area contributed by atoms with Crippen LogP contribution in [0.3, 0.4) is 0 Å². The summed E-state index contributed by atoms with van der Waals surface area (Å²) in [5.41, 5.74) is -1.31. The van der Waals surface area contributed by atoms with Gasteiger partial charge >= 0.3 is 11.9 Å². The second kappa shape index (κ2) is 15.7. The Balaban J connectivity index is 1.87. The summed E-state index contributed by atoms with van der Waals surface area (Å²) >= 11 is 0.817. The van der Waals surface area contributed by atoms with E-state index in [-0.39, 0.29) is 35.1 Å². The fourth-order valence-corrected chi connectivity index (χ4v) is 6.42. The van der Waals surface area contributed by atoms with Crippen molar-refractivity contribution in [2.45, 2.75) is 91.0 Å². The number of amides is 2. The smallest absolute Gasteiger partial charge is 0.363 e. The maximum Gasteiger partial charge on any atom is 0.363 e. The number of likely N-dealkylation sites (tertiary alicyclic amines) is 1. The molecule has 2 aromatic rings. The van der Waals surface area contributed by atoms with Gasteiger partial charge in [0.2, 0.25) is 46.6 Å². The van der Waals surface area contributed by atoms with Gasteiger partial charge in [-0.05, 0) is 45.2 Å². The largest absolute Gasteiger partial charge is 0.455 e. The molecule has 1 aromatic heterocycles. The molecule has 3 rings (SSSR count). The molecule has 266 valence electrons. The molecule has 1 aromatic carbocycles. The first-order chi connectivity index (χ1) is 22.3. The molecule has 0 aliphatic carbocycles. The van der Waals surface area contributed by atoms with Crippen molar-refractivity contribution in [3.8, 4) is 5.75 Å². The Morgan fingerprint density at radius 1 is 1.06 bits per heavy atom. The fraction of sp³-hybridized carbons (Fsp3) is 0.594. The lowest BCUT2D eigenvalue weighted by molar-refractivity contribution is -0.149. The molecule has 48 heavy (non-hydrogen) atoms. The van der Waals surface area contributed by atoms with Crippen LogP contribution in [0.1, 0.15) is 88.8 Å². The molecule has 0 bridgehead atoms. The number of aromatic nitrogens is 1. The minimum absolute atomic E-state index is 0.000748. The number of hydrogen-bond donors (Lipinski definition) is 1. The van der Waals surface area contributed by atoms with Crippen LogP contribution in [0.5, 0.6) is 5.75 Å². The molecular formula is C32H41F5N4O6S. The van der Waals surface area contributed by atoms with E-state index in [2.05, 4.69) is 15.0 Å². The Morgan fingerprint density at radius 3 is 2.15 bits per heavy atom. The van der Waals surface area contributed by atoms with Crippen molar-refractivity contribution in [2.75, 3.05) is 20.6 Å². The van der Waals surface area contributed by atoms with Crippen LogP contribution in [0, 0.1) is 40.9 Å². The van der Waals surface area contributed by atoms with Crippen LogP contribution < -0.4 is 10.1 Å². The van der Waals surface area contributed by atoms with Gasteiger partial charge in [0.05, 0.1) is 5.54 Å². The van der Waals surface area contributed by atoms with Crippen molar-refractivity contribution in [1.82, 2.24) is 20.1 Å². The number of ether oxygens (including phenoxy) is 2. The van der Waals surface area contributed by atoms with Crippen LogP contribution in [-0.2, 0) is 19.1 Å². The topological polar surface area (TPSA) is 118 Å². The normalized spacial score (nSPS) is 19.0. The summed E-state index contributed by atoms with van der Waals surface area (Å²) in [6, 6.07) is -1.43. The Morgan fingerprint density at radius 2 is 1.65 bits per heavy atom. The maximum atomic E-state index is 14.1. The predicted molar refractivity (Wildman–Crippen MR) is 165 cm³/mol. The molecule has 0 radical (unpaired) electrons. The molecular weight excluding hydrogens is 663 g/mol. The second-order valence-corrected chi connectivity index (χ2v) is 13.5. The summed E-state index contributed by atoms with van der Waals surface area (Å²) in [5, 5.41) is 4.14. The summed E-state index contributed by atoms with van der Waals surface area (Å²) < 4.78 is 78.8. The average Bonchev–Trinajstić information content (AvgIpc) is 3.67. The number of rotatable bonds is 13. The minimum Gasteiger partial charge on any atom is -0.455 e. The molecule has 0 spiro atoms. The van der Waals surface area contributed by atoms with Gasteiger partial charge in [-0.3, -0.25) is 19.3 Å². The number of nitrogens with zero attached hydrogens (tertiary/aromatic N) is 3. The zero-order valence-corrected chi connectivity index (χ0v) is 28.9. The van der Waals surface area contributed by atoms with Crippen LogP contribution >= 0.6 is 11.3 Å². The first-order valence-corrected chi connectivity index (χ1v) is 16.4. The molecule has 1 fully saturated rings. The SMILES string of the molecule is CCC(C)C(NC(=O)[C@@]1(C)CCCN1C)C(=O)N(C)C(CC(OC(C)=O)c1nc(C(=O)Oc2c(F)c(F)c(F)c(F)c2F)cs1)C(C)C. The zero-order chi connectivity index (χ0) is 36.2. The van der Waals surface area contributed by atoms with E-state index < -0.39 is 76.2 Å². The standard InChI is InChI=1S/C32H41F5N4O6S/c1-9-16(4)26(39-31(45)32(6)11-10-12-40(32)7)29(43)41(8)19(15(2)3)13-20(46-17(5)42)28-38-18(14-48-28)30(44)47-27-24(36)22(34)21(33)23(35)25(27)37/h14-16,19-20,26H,9-13H2,1-8H3,(H,39,45)/t16?,19?,20?,26?,32-/m1/s1. The lowest BCUT2D eigenvalue weighted by Gasteiger charge is -2.38. The molecule has 2 amide bonds. The van der Waals surface area contributed by atoms with Crippen LogP contribution in [0.25, 0.3) is 0 Å². The van der Waals surface area contributed by atoms with Crippen LogP contribution in [0.2, 0.25) is 0 Å². The number of esters is 2. The fourth-order valence-electron chi connectivity index (χ4n) is 5.59. The Hall–Kier alpha value is -3.66. The van der Waals surface area contributed by atoms with E-state index in [0.717, 1.165) is 36.6 Å². The van der Waals surface area contributed by atoms with Crippen LogP contribution in [-0.4, -0.2) is 76.8 Å². The molecule has 4 unspecified atom stereocenters. The molecule has 1 N–H and O–H groups in total. The molecule has 1 aliphatic heterocycles. The second-order valence-electron chi connectivity index (χ2n) is 12.6. The van der Waals surface area contributed by atoms with Gasteiger partial charge in [-0.2, -0.15) is 8.78 Å². The van der Waals surface area contributed by atoms with Crippen LogP contribution in [0.15, 0.2) is 5.38 Å². The lowest BCUT2D eigenvalue weighted by Crippen LogP contribution is -2.60. The number of nitrogens with one attached hydrogen (secondary N) is 1. The van der Waals surface area contributed by atoms with E-state index in [1.807, 2.05) is 46.6 Å².